The second-order valence-corrected chi connectivity index (χ2v) is 12.4. The van der Waals surface area contributed by atoms with Crippen molar-refractivity contribution >= 4 is 30.2 Å². The predicted octanol–water partition coefficient (Wildman–Crippen LogP) is 6.58. The number of aromatic nitrogens is 3. The number of rotatable bonds is 9. The molecule has 0 fully saturated rings. The van der Waals surface area contributed by atoms with Gasteiger partial charge in [-0.25, -0.2) is 0 Å². The van der Waals surface area contributed by atoms with Crippen LogP contribution >= 0.6 is 24.0 Å². The first-order chi connectivity index (χ1) is 17.8. The van der Waals surface area contributed by atoms with Crippen molar-refractivity contribution in [3.05, 3.63) is 57.1 Å². The SMILES string of the molecule is COc1cc(/C=N/n2c(CSCc3cc(C(C)(C)C)c(O)c(C(C)(C)C)c3)n[nH]c2=S)cc(OC)c1OC. The third-order valence-corrected chi connectivity index (χ3v) is 7.28. The minimum atomic E-state index is -0.172. The molecule has 0 radical (unpaired) electrons. The van der Waals surface area contributed by atoms with E-state index in [2.05, 4.69) is 69.0 Å². The molecule has 0 spiro atoms. The molecule has 0 saturated carbocycles. The van der Waals surface area contributed by atoms with E-state index in [0.29, 0.717) is 39.3 Å². The number of methoxy groups -OCH3 is 3. The van der Waals surface area contributed by atoms with Crippen LogP contribution in [0.25, 0.3) is 0 Å². The first kappa shape index (κ1) is 29.6. The number of thioether (sulfide) groups is 1. The van der Waals surface area contributed by atoms with Crippen LogP contribution in [0.4, 0.5) is 0 Å². The lowest BCUT2D eigenvalue weighted by Crippen LogP contribution is -2.17. The van der Waals surface area contributed by atoms with Gasteiger partial charge in [-0.1, -0.05) is 53.7 Å². The molecule has 206 valence electrons. The number of aromatic amines is 1. The summed E-state index contributed by atoms with van der Waals surface area (Å²) in [6.07, 6.45) is 1.68. The van der Waals surface area contributed by atoms with Crippen molar-refractivity contribution in [1.82, 2.24) is 14.9 Å². The maximum Gasteiger partial charge on any atom is 0.216 e. The summed E-state index contributed by atoms with van der Waals surface area (Å²) >= 11 is 7.13. The van der Waals surface area contributed by atoms with Crippen molar-refractivity contribution in [2.45, 2.75) is 63.9 Å². The molecule has 38 heavy (non-hydrogen) atoms. The molecule has 2 aromatic carbocycles. The fourth-order valence-corrected chi connectivity index (χ4v) is 5.09. The highest BCUT2D eigenvalue weighted by Crippen LogP contribution is 2.41. The first-order valence-electron chi connectivity index (χ1n) is 12.3. The molecule has 3 rings (SSSR count). The third kappa shape index (κ3) is 6.71. The molecule has 0 aliphatic carbocycles. The molecule has 1 aromatic heterocycles. The van der Waals surface area contributed by atoms with Crippen LogP contribution in [-0.4, -0.2) is 47.5 Å². The van der Waals surface area contributed by atoms with E-state index in [1.54, 1.807) is 44.0 Å². The molecule has 1 heterocycles. The van der Waals surface area contributed by atoms with E-state index in [0.717, 1.165) is 28.0 Å². The second kappa shape index (κ2) is 11.8. The summed E-state index contributed by atoms with van der Waals surface area (Å²) in [5.74, 6) is 4.04. The van der Waals surface area contributed by atoms with Gasteiger partial charge in [0.2, 0.25) is 10.5 Å². The fourth-order valence-electron chi connectivity index (χ4n) is 4.02. The first-order valence-corrected chi connectivity index (χ1v) is 13.8. The summed E-state index contributed by atoms with van der Waals surface area (Å²) in [6.45, 7) is 12.7. The lowest BCUT2D eigenvalue weighted by Gasteiger charge is -2.28. The average Bonchev–Trinajstić information content (AvgIpc) is 3.20. The van der Waals surface area contributed by atoms with Crippen LogP contribution in [0.1, 0.15) is 69.6 Å². The van der Waals surface area contributed by atoms with E-state index in [-0.39, 0.29) is 10.8 Å². The Morgan fingerprint density at radius 2 is 1.50 bits per heavy atom. The van der Waals surface area contributed by atoms with Crippen LogP contribution in [0.3, 0.4) is 0 Å². The minimum absolute atomic E-state index is 0.172. The molecule has 8 nitrogen and oxygen atoms in total. The maximum atomic E-state index is 11.0. The predicted molar refractivity (Wildman–Crippen MR) is 157 cm³/mol. The van der Waals surface area contributed by atoms with Gasteiger partial charge in [0.15, 0.2) is 17.3 Å². The van der Waals surface area contributed by atoms with Crippen LogP contribution in [0.5, 0.6) is 23.0 Å². The van der Waals surface area contributed by atoms with Gasteiger partial charge in [0.25, 0.3) is 0 Å². The molecule has 2 N–H and O–H groups in total. The van der Waals surface area contributed by atoms with Crippen molar-refractivity contribution in [1.29, 1.82) is 0 Å². The Labute approximate surface area is 234 Å². The maximum absolute atomic E-state index is 11.0. The summed E-state index contributed by atoms with van der Waals surface area (Å²) in [5, 5.41) is 22.8. The number of ether oxygens (including phenoxy) is 3. The van der Waals surface area contributed by atoms with Gasteiger partial charge in [-0.15, -0.1) is 11.8 Å². The number of hydrogen-bond acceptors (Lipinski definition) is 8. The van der Waals surface area contributed by atoms with Crippen LogP contribution in [0.2, 0.25) is 0 Å². The lowest BCUT2D eigenvalue weighted by molar-refractivity contribution is 0.324. The van der Waals surface area contributed by atoms with Gasteiger partial charge >= 0.3 is 0 Å². The van der Waals surface area contributed by atoms with Gasteiger partial charge in [0.05, 0.1) is 33.3 Å². The Morgan fingerprint density at radius 1 is 0.947 bits per heavy atom. The smallest absolute Gasteiger partial charge is 0.216 e. The summed E-state index contributed by atoms with van der Waals surface area (Å²) < 4.78 is 18.3. The number of nitrogens with zero attached hydrogens (tertiary/aromatic N) is 3. The Hall–Kier alpha value is -2.98. The monoisotopic (exact) mass is 558 g/mol. The van der Waals surface area contributed by atoms with Crippen LogP contribution in [0.15, 0.2) is 29.4 Å². The highest BCUT2D eigenvalue weighted by atomic mass is 32.2. The van der Waals surface area contributed by atoms with Gasteiger partial charge in [0.1, 0.15) is 5.75 Å². The van der Waals surface area contributed by atoms with E-state index in [1.807, 2.05) is 12.1 Å². The van der Waals surface area contributed by atoms with Crippen molar-refractivity contribution in [3.8, 4) is 23.0 Å². The summed E-state index contributed by atoms with van der Waals surface area (Å²) in [5.41, 5.74) is 3.49. The molecule has 0 aliphatic heterocycles. The van der Waals surface area contributed by atoms with E-state index < -0.39 is 0 Å². The quantitative estimate of drug-likeness (QED) is 0.226. The lowest BCUT2D eigenvalue weighted by atomic mass is 9.78. The van der Waals surface area contributed by atoms with Crippen molar-refractivity contribution in [2.75, 3.05) is 21.3 Å². The van der Waals surface area contributed by atoms with Gasteiger partial charge in [-0.05, 0) is 51.9 Å². The number of nitrogens with one attached hydrogen (secondary N) is 1. The summed E-state index contributed by atoms with van der Waals surface area (Å²) in [4.78, 5) is 0. The summed E-state index contributed by atoms with van der Waals surface area (Å²) in [6, 6.07) is 7.84. The zero-order chi connectivity index (χ0) is 28.3. The number of benzene rings is 2. The van der Waals surface area contributed by atoms with E-state index in [4.69, 9.17) is 26.4 Å². The number of phenols is 1. The van der Waals surface area contributed by atoms with E-state index in [9.17, 15) is 5.11 Å². The number of phenolic OH excluding ortho intramolecular Hbond substituents is 1. The van der Waals surface area contributed by atoms with Crippen LogP contribution in [-0.2, 0) is 22.3 Å². The van der Waals surface area contributed by atoms with Crippen molar-refractivity contribution < 1.29 is 19.3 Å². The molecule has 0 atom stereocenters. The Morgan fingerprint density at radius 3 is 1.97 bits per heavy atom. The Balaban J connectivity index is 1.83. The highest BCUT2D eigenvalue weighted by Gasteiger charge is 2.26. The number of H-pyrrole nitrogens is 1. The van der Waals surface area contributed by atoms with Crippen LogP contribution in [0, 0.1) is 4.77 Å². The molecule has 0 bridgehead atoms. The number of aromatic hydroxyl groups is 1. The molecule has 0 amide bonds. The molecular formula is C28H38N4O4S2. The third-order valence-electron chi connectivity index (χ3n) is 6.01. The molecular weight excluding hydrogens is 520 g/mol. The highest BCUT2D eigenvalue weighted by molar-refractivity contribution is 7.97. The average molecular weight is 559 g/mol. The standard InChI is InChI=1S/C28H38N4O4S2/c1-27(2,3)19-10-18(11-20(24(19)33)28(4,5)6)15-38-16-23-30-31-26(37)32(23)29-14-17-12-21(34-7)25(36-9)22(13-17)35-8/h10-14,33H,15-16H2,1-9H3,(H,31,37)/b29-14+. The largest absolute Gasteiger partial charge is 0.507 e. The Bertz CT molecular complexity index is 1300. The van der Waals surface area contributed by atoms with Gasteiger partial charge in [0, 0.05) is 11.3 Å². The van der Waals surface area contributed by atoms with Gasteiger partial charge in [-0.3, -0.25) is 5.10 Å². The van der Waals surface area contributed by atoms with Gasteiger partial charge < -0.3 is 19.3 Å². The molecule has 10 heteroatoms. The molecule has 0 unspecified atom stereocenters. The fraction of sp³-hybridized carbons (Fsp3) is 0.464. The zero-order valence-corrected chi connectivity index (χ0v) is 25.3. The van der Waals surface area contributed by atoms with Crippen molar-refractivity contribution in [3.63, 3.8) is 0 Å². The summed E-state index contributed by atoms with van der Waals surface area (Å²) in [7, 11) is 4.71. The Kier molecular flexibility index (Phi) is 9.20. The van der Waals surface area contributed by atoms with E-state index >= 15 is 0 Å². The van der Waals surface area contributed by atoms with Gasteiger partial charge in [-0.2, -0.15) is 14.9 Å². The van der Waals surface area contributed by atoms with Crippen molar-refractivity contribution in [2.24, 2.45) is 5.10 Å². The second-order valence-electron chi connectivity index (χ2n) is 11.0. The normalized spacial score (nSPS) is 12.2. The number of hydrogen-bond donors (Lipinski definition) is 2. The van der Waals surface area contributed by atoms with Crippen LogP contribution < -0.4 is 14.2 Å². The molecule has 0 aliphatic rings. The molecule has 3 aromatic rings. The minimum Gasteiger partial charge on any atom is -0.507 e. The van der Waals surface area contributed by atoms with E-state index in [1.165, 1.54) is 0 Å². The molecule has 0 saturated heterocycles. The topological polar surface area (TPSA) is 93.9 Å². The zero-order valence-electron chi connectivity index (χ0n) is 23.6.